The fraction of sp³-hybridized carbons (Fsp3) is 0.259. The molecule has 0 saturated heterocycles. The van der Waals surface area contributed by atoms with Crippen molar-refractivity contribution in [3.63, 3.8) is 0 Å². The van der Waals surface area contributed by atoms with Crippen LogP contribution in [0.25, 0.3) is 22.2 Å². The average Bonchev–Trinajstić information content (AvgIpc) is 3.27. The van der Waals surface area contributed by atoms with Crippen molar-refractivity contribution >= 4 is 35.2 Å². The number of rotatable bonds is 5. The Bertz CT molecular complexity index is 1530. The molecule has 0 unspecified atom stereocenters. The van der Waals surface area contributed by atoms with Gasteiger partial charge in [0, 0.05) is 46.5 Å². The number of nitrogens with one attached hydrogen (secondary N) is 2. The number of aromatic nitrogens is 2. The Morgan fingerprint density at radius 3 is 2.43 bits per heavy atom. The standard InChI is InChI=1S/C27H27F2N4O3P/c1-27(2)14-32-26(35-15-27)33-17-11-20(28)24(21(29)12-17)36-22-9-10-30-25-23(22)19(13-31-25)16-5-7-18(8-6-16)37(3,4)34/h5-13H,14-15H2,1-4H3,(H,30,31)(H,32,33). The van der Waals surface area contributed by atoms with Gasteiger partial charge in [-0.15, -0.1) is 0 Å². The first-order valence-corrected chi connectivity index (χ1v) is 14.3. The van der Waals surface area contributed by atoms with Gasteiger partial charge in [-0.1, -0.05) is 38.1 Å². The molecule has 0 spiro atoms. The van der Waals surface area contributed by atoms with Gasteiger partial charge in [0.25, 0.3) is 6.02 Å². The Balaban J connectivity index is 1.45. The summed E-state index contributed by atoms with van der Waals surface area (Å²) >= 11 is 0. The highest BCUT2D eigenvalue weighted by molar-refractivity contribution is 7.70. The molecule has 5 rings (SSSR count). The number of nitrogens with zero attached hydrogens (tertiary/aromatic N) is 2. The van der Waals surface area contributed by atoms with Crippen molar-refractivity contribution in [1.82, 2.24) is 9.97 Å². The van der Waals surface area contributed by atoms with Gasteiger partial charge in [-0.05, 0) is 25.0 Å². The summed E-state index contributed by atoms with van der Waals surface area (Å²) in [6.45, 7) is 8.45. The Labute approximate surface area is 213 Å². The molecule has 1 aliphatic heterocycles. The topological polar surface area (TPSA) is 88.6 Å². The molecule has 2 N–H and O–H groups in total. The number of hydrogen-bond donors (Lipinski definition) is 2. The lowest BCUT2D eigenvalue weighted by Gasteiger charge is -2.28. The number of aromatic amines is 1. The molecule has 0 saturated carbocycles. The Kier molecular flexibility index (Phi) is 6.28. The van der Waals surface area contributed by atoms with E-state index in [2.05, 4.69) is 20.3 Å². The Hall–Kier alpha value is -3.71. The zero-order valence-corrected chi connectivity index (χ0v) is 21.8. The molecule has 0 bridgehead atoms. The minimum absolute atomic E-state index is 0.0949. The molecule has 0 aliphatic carbocycles. The van der Waals surface area contributed by atoms with Crippen molar-refractivity contribution < 1.29 is 22.8 Å². The third-order valence-electron chi connectivity index (χ3n) is 6.05. The van der Waals surface area contributed by atoms with Crippen molar-refractivity contribution in [1.29, 1.82) is 0 Å². The van der Waals surface area contributed by atoms with E-state index in [0.717, 1.165) is 28.6 Å². The molecule has 10 heteroatoms. The van der Waals surface area contributed by atoms with Gasteiger partial charge in [-0.3, -0.25) is 0 Å². The quantitative estimate of drug-likeness (QED) is 0.296. The maximum absolute atomic E-state index is 15.0. The number of halogens is 2. The molecule has 1 aliphatic rings. The second-order valence-electron chi connectivity index (χ2n) is 10.2. The lowest BCUT2D eigenvalue weighted by molar-refractivity contribution is 0.156. The normalized spacial score (nSPS) is 15.2. The van der Waals surface area contributed by atoms with Gasteiger partial charge in [-0.2, -0.15) is 0 Å². The fourth-order valence-electron chi connectivity index (χ4n) is 4.02. The van der Waals surface area contributed by atoms with Crippen LogP contribution in [0.3, 0.4) is 0 Å². The number of aliphatic imine (C=N–C) groups is 1. The van der Waals surface area contributed by atoms with Gasteiger partial charge in [-0.25, -0.2) is 18.8 Å². The zero-order valence-electron chi connectivity index (χ0n) is 20.9. The van der Waals surface area contributed by atoms with E-state index >= 15 is 8.78 Å². The summed E-state index contributed by atoms with van der Waals surface area (Å²) in [5, 5.41) is 4.15. The van der Waals surface area contributed by atoms with Gasteiger partial charge in [0.2, 0.25) is 0 Å². The van der Waals surface area contributed by atoms with Crippen LogP contribution in [0.1, 0.15) is 13.8 Å². The molecule has 192 valence electrons. The summed E-state index contributed by atoms with van der Waals surface area (Å²) in [5.74, 6) is -2.06. The summed E-state index contributed by atoms with van der Waals surface area (Å²) in [5.41, 5.74) is 2.12. The van der Waals surface area contributed by atoms with Crippen molar-refractivity contribution in [2.45, 2.75) is 13.8 Å². The number of anilines is 1. The van der Waals surface area contributed by atoms with Gasteiger partial charge in [0.05, 0.1) is 18.5 Å². The number of ether oxygens (including phenoxy) is 2. The van der Waals surface area contributed by atoms with Crippen molar-refractivity contribution in [2.24, 2.45) is 10.4 Å². The van der Waals surface area contributed by atoms with Crippen molar-refractivity contribution in [2.75, 3.05) is 31.8 Å². The molecular formula is C27H27F2N4O3P. The first-order chi connectivity index (χ1) is 17.5. The summed E-state index contributed by atoms with van der Waals surface area (Å²) in [4.78, 5) is 11.7. The van der Waals surface area contributed by atoms with Crippen LogP contribution in [0.5, 0.6) is 11.5 Å². The molecule has 2 aromatic carbocycles. The molecule has 3 heterocycles. The van der Waals surface area contributed by atoms with E-state index in [0.29, 0.717) is 24.2 Å². The van der Waals surface area contributed by atoms with Crippen molar-refractivity contribution in [3.05, 3.63) is 66.5 Å². The number of benzene rings is 2. The van der Waals surface area contributed by atoms with E-state index in [-0.39, 0.29) is 22.9 Å². The smallest absolute Gasteiger partial charge is 0.289 e. The maximum Gasteiger partial charge on any atom is 0.289 e. The van der Waals surface area contributed by atoms with Crippen LogP contribution in [0.2, 0.25) is 0 Å². The van der Waals surface area contributed by atoms with Crippen LogP contribution >= 0.6 is 7.14 Å². The van der Waals surface area contributed by atoms with E-state index in [9.17, 15) is 4.57 Å². The van der Waals surface area contributed by atoms with Crippen LogP contribution in [0.4, 0.5) is 14.5 Å². The van der Waals surface area contributed by atoms with Crippen LogP contribution in [0.15, 0.2) is 59.9 Å². The Morgan fingerprint density at radius 2 is 1.81 bits per heavy atom. The third kappa shape index (κ3) is 5.23. The molecule has 0 fully saturated rings. The summed E-state index contributed by atoms with van der Waals surface area (Å²) in [7, 11) is -2.40. The monoisotopic (exact) mass is 524 g/mol. The molecule has 0 amide bonds. The lowest BCUT2D eigenvalue weighted by Crippen LogP contribution is -2.33. The first-order valence-electron chi connectivity index (χ1n) is 11.7. The number of hydrogen-bond acceptors (Lipinski definition) is 6. The number of amidine groups is 1. The predicted octanol–water partition coefficient (Wildman–Crippen LogP) is 6.37. The highest BCUT2D eigenvalue weighted by Gasteiger charge is 2.25. The largest absolute Gasteiger partial charge is 0.464 e. The van der Waals surface area contributed by atoms with Crippen LogP contribution in [-0.2, 0) is 9.30 Å². The fourth-order valence-corrected chi connectivity index (χ4v) is 4.89. The minimum atomic E-state index is -2.40. The predicted molar refractivity (Wildman–Crippen MR) is 143 cm³/mol. The number of pyridine rings is 1. The summed E-state index contributed by atoms with van der Waals surface area (Å²) in [6.07, 6.45) is 3.25. The average molecular weight is 525 g/mol. The Morgan fingerprint density at radius 1 is 1.11 bits per heavy atom. The van der Waals surface area contributed by atoms with Crippen molar-refractivity contribution in [3.8, 4) is 22.6 Å². The second kappa shape index (κ2) is 9.30. The molecule has 4 aromatic rings. The second-order valence-corrected chi connectivity index (χ2v) is 13.4. The molecule has 37 heavy (non-hydrogen) atoms. The van der Waals surface area contributed by atoms with Crippen LogP contribution < -0.4 is 15.4 Å². The van der Waals surface area contributed by atoms with E-state index < -0.39 is 24.5 Å². The van der Waals surface area contributed by atoms with Gasteiger partial charge in [0.1, 0.15) is 18.5 Å². The first kappa shape index (κ1) is 25.0. The molecular weight excluding hydrogens is 497 g/mol. The SMILES string of the molecule is CC1(C)CN=C(Nc2cc(F)c(Oc3ccnc4[nH]cc(-c5ccc(P(C)(C)=O)cc5)c34)c(F)c2)OC1. The highest BCUT2D eigenvalue weighted by Crippen LogP contribution is 2.40. The van der Waals surface area contributed by atoms with E-state index in [1.165, 1.54) is 6.20 Å². The van der Waals surface area contributed by atoms with Gasteiger partial charge < -0.3 is 24.3 Å². The number of fused-ring (bicyclic) bond motifs is 1. The van der Waals surface area contributed by atoms with Crippen LogP contribution in [-0.4, -0.2) is 42.5 Å². The van der Waals surface area contributed by atoms with E-state index in [1.54, 1.807) is 25.6 Å². The summed E-state index contributed by atoms with van der Waals surface area (Å²) < 4.78 is 53.8. The van der Waals surface area contributed by atoms with Gasteiger partial charge >= 0.3 is 0 Å². The summed E-state index contributed by atoms with van der Waals surface area (Å²) in [6, 6.07) is 11.4. The molecule has 0 radical (unpaired) electrons. The highest BCUT2D eigenvalue weighted by atomic mass is 31.2. The molecule has 7 nitrogen and oxygen atoms in total. The zero-order chi connectivity index (χ0) is 26.4. The van der Waals surface area contributed by atoms with E-state index in [4.69, 9.17) is 9.47 Å². The van der Waals surface area contributed by atoms with Crippen LogP contribution in [0, 0.1) is 17.0 Å². The molecule has 2 aromatic heterocycles. The lowest BCUT2D eigenvalue weighted by atomic mass is 9.95. The third-order valence-corrected chi connectivity index (χ3v) is 7.59. The van der Waals surface area contributed by atoms with E-state index in [1.807, 2.05) is 38.1 Å². The minimum Gasteiger partial charge on any atom is -0.464 e. The number of H-pyrrole nitrogens is 1. The maximum atomic E-state index is 15.0. The van der Waals surface area contributed by atoms with Gasteiger partial charge in [0.15, 0.2) is 17.4 Å². The molecule has 0 atom stereocenters.